The molecule has 0 aliphatic rings. The van der Waals surface area contributed by atoms with Gasteiger partial charge >= 0.3 is 6.18 Å². The summed E-state index contributed by atoms with van der Waals surface area (Å²) >= 11 is 0. The van der Waals surface area contributed by atoms with Crippen molar-refractivity contribution in [1.82, 2.24) is 4.98 Å². The second kappa shape index (κ2) is 3.55. The Morgan fingerprint density at radius 1 is 1.25 bits per heavy atom. The number of hydrogen-bond acceptors (Lipinski definition) is 3. The lowest BCUT2D eigenvalue weighted by molar-refractivity contribution is -0.141. The van der Waals surface area contributed by atoms with Crippen molar-refractivity contribution in [3.63, 3.8) is 0 Å². The summed E-state index contributed by atoms with van der Waals surface area (Å²) in [6, 6.07) is 5.57. The van der Waals surface area contributed by atoms with E-state index in [9.17, 15) is 13.2 Å². The molecule has 1 N–H and O–H groups in total. The highest BCUT2D eigenvalue weighted by molar-refractivity contribution is 5.91. The van der Waals surface area contributed by atoms with Crippen molar-refractivity contribution in [1.29, 1.82) is 5.53 Å². The number of halogens is 3. The third kappa shape index (κ3) is 1.73. The van der Waals surface area contributed by atoms with E-state index in [0.717, 1.165) is 12.3 Å². The third-order valence-corrected chi connectivity index (χ3v) is 2.15. The van der Waals surface area contributed by atoms with Crippen LogP contribution in [0.3, 0.4) is 0 Å². The molecule has 6 heteroatoms. The van der Waals surface area contributed by atoms with Gasteiger partial charge in [-0.25, -0.2) is 5.53 Å². The van der Waals surface area contributed by atoms with Crippen LogP contribution in [-0.2, 0) is 6.18 Å². The van der Waals surface area contributed by atoms with Gasteiger partial charge in [-0.15, -0.1) is 0 Å². The van der Waals surface area contributed by atoms with Gasteiger partial charge in [-0.1, -0.05) is 12.1 Å². The molecule has 1 heterocycles. The zero-order valence-electron chi connectivity index (χ0n) is 7.92. The van der Waals surface area contributed by atoms with Crippen molar-refractivity contribution in [2.24, 2.45) is 5.11 Å². The molecule has 0 radical (unpaired) electrons. The molecule has 0 aliphatic heterocycles. The molecule has 0 amide bonds. The molecule has 1 aromatic heterocycles. The average molecular weight is 225 g/mol. The Morgan fingerprint density at radius 3 is 2.62 bits per heavy atom. The van der Waals surface area contributed by atoms with Crippen LogP contribution >= 0.6 is 0 Å². The molecule has 2 rings (SSSR count). The molecule has 0 saturated heterocycles. The second-order valence-electron chi connectivity index (χ2n) is 3.18. The molecule has 0 bridgehead atoms. The molecule has 16 heavy (non-hydrogen) atoms. The van der Waals surface area contributed by atoms with Crippen LogP contribution in [0, 0.1) is 5.53 Å². The maximum absolute atomic E-state index is 12.4. The second-order valence-corrected chi connectivity index (χ2v) is 3.18. The Kier molecular flexibility index (Phi) is 2.34. The summed E-state index contributed by atoms with van der Waals surface area (Å²) in [6.45, 7) is 0. The van der Waals surface area contributed by atoms with Crippen molar-refractivity contribution < 1.29 is 13.2 Å². The van der Waals surface area contributed by atoms with Crippen LogP contribution < -0.4 is 0 Å². The minimum atomic E-state index is -4.46. The standard InChI is InChI=1S/C10H6F3N3/c11-10(12,13)9-4-6-2-1-3-8(16-14)7(6)5-15-9/h1-5,14H. The van der Waals surface area contributed by atoms with Gasteiger partial charge in [-0.3, -0.25) is 4.98 Å². The molecule has 0 atom stereocenters. The molecule has 0 aliphatic carbocycles. The van der Waals surface area contributed by atoms with Crippen molar-refractivity contribution >= 4 is 16.5 Å². The normalized spacial score (nSPS) is 11.7. The summed E-state index contributed by atoms with van der Waals surface area (Å²) in [5.74, 6) is 0. The van der Waals surface area contributed by atoms with Gasteiger partial charge in [-0.2, -0.15) is 18.3 Å². The smallest absolute Gasteiger partial charge is 0.251 e. The number of alkyl halides is 3. The van der Waals surface area contributed by atoms with Crippen molar-refractivity contribution in [2.45, 2.75) is 6.18 Å². The predicted molar refractivity (Wildman–Crippen MR) is 51.6 cm³/mol. The SMILES string of the molecule is N=Nc1cccc2cc(C(F)(F)F)ncc12. The first-order valence-corrected chi connectivity index (χ1v) is 4.36. The third-order valence-electron chi connectivity index (χ3n) is 2.15. The van der Waals surface area contributed by atoms with E-state index in [0.29, 0.717) is 16.5 Å². The lowest BCUT2D eigenvalue weighted by Crippen LogP contribution is -2.07. The number of rotatable bonds is 1. The maximum atomic E-state index is 12.4. The molecular weight excluding hydrogens is 219 g/mol. The van der Waals surface area contributed by atoms with E-state index < -0.39 is 11.9 Å². The van der Waals surface area contributed by atoms with Crippen LogP contribution in [0.25, 0.3) is 10.8 Å². The zero-order valence-corrected chi connectivity index (χ0v) is 7.92. The Balaban J connectivity index is 2.69. The van der Waals surface area contributed by atoms with Gasteiger partial charge in [0.2, 0.25) is 0 Å². The number of aromatic nitrogens is 1. The van der Waals surface area contributed by atoms with Crippen LogP contribution in [0.1, 0.15) is 5.69 Å². The first kappa shape index (κ1) is 10.5. The van der Waals surface area contributed by atoms with Crippen molar-refractivity contribution in [2.75, 3.05) is 0 Å². The van der Waals surface area contributed by atoms with E-state index in [1.807, 2.05) is 0 Å². The summed E-state index contributed by atoms with van der Waals surface area (Å²) in [5.41, 5.74) is 6.24. The Hall–Kier alpha value is -1.98. The van der Waals surface area contributed by atoms with Gasteiger partial charge in [-0.05, 0) is 17.5 Å². The molecular formula is C10H6F3N3. The highest BCUT2D eigenvalue weighted by Crippen LogP contribution is 2.32. The van der Waals surface area contributed by atoms with E-state index >= 15 is 0 Å². The molecule has 3 nitrogen and oxygen atoms in total. The molecule has 0 saturated carbocycles. The Labute approximate surface area is 88.4 Å². The van der Waals surface area contributed by atoms with E-state index in [1.54, 1.807) is 12.1 Å². The monoisotopic (exact) mass is 225 g/mol. The fraction of sp³-hybridized carbons (Fsp3) is 0.100. The zero-order chi connectivity index (χ0) is 11.8. The fourth-order valence-electron chi connectivity index (χ4n) is 1.41. The van der Waals surface area contributed by atoms with E-state index in [1.165, 1.54) is 6.07 Å². The Morgan fingerprint density at radius 2 is 2.00 bits per heavy atom. The number of nitrogens with one attached hydrogen (secondary N) is 1. The van der Waals surface area contributed by atoms with Gasteiger partial charge in [0, 0.05) is 11.6 Å². The number of nitrogens with zero attached hydrogens (tertiary/aromatic N) is 2. The lowest BCUT2D eigenvalue weighted by Gasteiger charge is -2.07. The van der Waals surface area contributed by atoms with Crippen LogP contribution in [0.2, 0.25) is 0 Å². The fourth-order valence-corrected chi connectivity index (χ4v) is 1.41. The number of pyridine rings is 1. The van der Waals surface area contributed by atoms with Gasteiger partial charge in [0.25, 0.3) is 0 Å². The highest BCUT2D eigenvalue weighted by Gasteiger charge is 2.32. The van der Waals surface area contributed by atoms with E-state index in [4.69, 9.17) is 5.53 Å². The quantitative estimate of drug-likeness (QED) is 0.734. The summed E-state index contributed by atoms with van der Waals surface area (Å²) < 4.78 is 37.1. The minimum Gasteiger partial charge on any atom is -0.251 e. The molecule has 0 unspecified atom stereocenters. The predicted octanol–water partition coefficient (Wildman–Crippen LogP) is 3.92. The number of hydrogen-bond donors (Lipinski definition) is 1. The molecule has 82 valence electrons. The van der Waals surface area contributed by atoms with Gasteiger partial charge in [0.1, 0.15) is 5.69 Å². The molecule has 0 spiro atoms. The number of benzene rings is 1. The highest BCUT2D eigenvalue weighted by atomic mass is 19.4. The Bertz CT molecular complexity index is 548. The van der Waals surface area contributed by atoms with Crippen molar-refractivity contribution in [3.05, 3.63) is 36.2 Å². The van der Waals surface area contributed by atoms with Crippen LogP contribution in [0.5, 0.6) is 0 Å². The first-order chi connectivity index (χ1) is 7.52. The van der Waals surface area contributed by atoms with Crippen LogP contribution in [-0.4, -0.2) is 4.98 Å². The molecule has 0 fully saturated rings. The minimum absolute atomic E-state index is 0.304. The summed E-state index contributed by atoms with van der Waals surface area (Å²) in [6.07, 6.45) is -3.37. The largest absolute Gasteiger partial charge is 0.433 e. The first-order valence-electron chi connectivity index (χ1n) is 4.36. The van der Waals surface area contributed by atoms with E-state index in [-0.39, 0.29) is 0 Å². The van der Waals surface area contributed by atoms with Gasteiger partial charge in [0.15, 0.2) is 0 Å². The summed E-state index contributed by atoms with van der Waals surface area (Å²) in [4.78, 5) is 3.32. The summed E-state index contributed by atoms with van der Waals surface area (Å²) in [5, 5.41) is 4.03. The van der Waals surface area contributed by atoms with Gasteiger partial charge in [0.05, 0.1) is 5.69 Å². The molecule has 2 aromatic rings. The average Bonchev–Trinajstić information content (AvgIpc) is 2.26. The van der Waals surface area contributed by atoms with Crippen LogP contribution in [0.15, 0.2) is 35.6 Å². The number of fused-ring (bicyclic) bond motifs is 1. The van der Waals surface area contributed by atoms with Crippen LogP contribution in [0.4, 0.5) is 18.9 Å². The van der Waals surface area contributed by atoms with Gasteiger partial charge < -0.3 is 0 Å². The molecule has 1 aromatic carbocycles. The van der Waals surface area contributed by atoms with E-state index in [2.05, 4.69) is 10.1 Å². The summed E-state index contributed by atoms with van der Waals surface area (Å²) in [7, 11) is 0. The topological polar surface area (TPSA) is 49.1 Å². The lowest BCUT2D eigenvalue weighted by atomic mass is 10.1. The maximum Gasteiger partial charge on any atom is 0.433 e. The van der Waals surface area contributed by atoms with Crippen molar-refractivity contribution in [3.8, 4) is 0 Å².